The molecular formula is C13H12O5. The predicted molar refractivity (Wildman–Crippen MR) is 63.2 cm³/mol. The van der Waals surface area contributed by atoms with Gasteiger partial charge in [-0.25, -0.2) is 4.79 Å². The summed E-state index contributed by atoms with van der Waals surface area (Å²) >= 11 is 0. The molecule has 1 heterocycles. The number of rotatable bonds is 3. The zero-order valence-corrected chi connectivity index (χ0v) is 10.1. The molecule has 0 aliphatic carbocycles. The number of carbonyl (C=O) groups is 2. The molecule has 0 aromatic heterocycles. The third kappa shape index (κ3) is 2.34. The first-order valence-corrected chi connectivity index (χ1v) is 5.31. The molecule has 5 nitrogen and oxygen atoms in total. The maximum atomic E-state index is 11.3. The van der Waals surface area contributed by atoms with Gasteiger partial charge in [0.1, 0.15) is 0 Å². The highest BCUT2D eigenvalue weighted by Gasteiger charge is 2.26. The maximum absolute atomic E-state index is 11.3. The van der Waals surface area contributed by atoms with E-state index in [-0.39, 0.29) is 6.42 Å². The van der Waals surface area contributed by atoms with Crippen molar-refractivity contribution >= 4 is 18.0 Å². The lowest BCUT2D eigenvalue weighted by molar-refractivity contribution is -0.151. The molecule has 0 bridgehead atoms. The van der Waals surface area contributed by atoms with E-state index >= 15 is 0 Å². The highest BCUT2D eigenvalue weighted by atomic mass is 16.6. The molecule has 0 atom stereocenters. The molecular weight excluding hydrogens is 236 g/mol. The Labute approximate surface area is 104 Å². The number of benzene rings is 1. The highest BCUT2D eigenvalue weighted by molar-refractivity contribution is 6.08. The van der Waals surface area contributed by atoms with E-state index in [2.05, 4.69) is 4.74 Å². The number of esters is 2. The van der Waals surface area contributed by atoms with Crippen molar-refractivity contribution in [3.8, 4) is 11.5 Å². The summed E-state index contributed by atoms with van der Waals surface area (Å²) in [6, 6.07) is 5.22. The molecule has 2 rings (SSSR count). The summed E-state index contributed by atoms with van der Waals surface area (Å²) in [4.78, 5) is 22.2. The summed E-state index contributed by atoms with van der Waals surface area (Å²) in [6.45, 7) is 0. The van der Waals surface area contributed by atoms with Crippen molar-refractivity contribution in [3.05, 3.63) is 29.3 Å². The Morgan fingerprint density at radius 1 is 1.17 bits per heavy atom. The van der Waals surface area contributed by atoms with E-state index in [0.29, 0.717) is 17.1 Å². The van der Waals surface area contributed by atoms with E-state index in [0.717, 1.165) is 5.56 Å². The third-order valence-electron chi connectivity index (χ3n) is 2.55. The van der Waals surface area contributed by atoms with E-state index in [1.165, 1.54) is 7.11 Å². The quantitative estimate of drug-likeness (QED) is 0.461. The molecule has 0 unspecified atom stereocenters. The predicted octanol–water partition coefficient (Wildman–Crippen LogP) is 1.56. The van der Waals surface area contributed by atoms with Gasteiger partial charge in [0.2, 0.25) is 0 Å². The van der Waals surface area contributed by atoms with Gasteiger partial charge in [-0.2, -0.15) is 0 Å². The van der Waals surface area contributed by atoms with Gasteiger partial charge < -0.3 is 14.2 Å². The molecule has 0 N–H and O–H groups in total. The van der Waals surface area contributed by atoms with Gasteiger partial charge in [-0.15, -0.1) is 0 Å². The van der Waals surface area contributed by atoms with Crippen LogP contribution in [0.5, 0.6) is 11.5 Å². The molecule has 1 fully saturated rings. The molecule has 0 saturated carbocycles. The first-order valence-electron chi connectivity index (χ1n) is 5.31. The van der Waals surface area contributed by atoms with Gasteiger partial charge in [-0.3, -0.25) is 4.79 Å². The summed E-state index contributed by atoms with van der Waals surface area (Å²) in [5.41, 5.74) is 1.08. The van der Waals surface area contributed by atoms with Crippen molar-refractivity contribution in [1.29, 1.82) is 0 Å². The Hall–Kier alpha value is -2.30. The lowest BCUT2D eigenvalue weighted by Crippen LogP contribution is -1.97. The number of methoxy groups -OCH3 is 2. The number of hydrogen-bond donors (Lipinski definition) is 0. The Morgan fingerprint density at radius 2 is 1.89 bits per heavy atom. The van der Waals surface area contributed by atoms with Crippen LogP contribution in [0.4, 0.5) is 0 Å². The molecule has 94 valence electrons. The van der Waals surface area contributed by atoms with Crippen molar-refractivity contribution in [2.45, 2.75) is 6.42 Å². The van der Waals surface area contributed by atoms with Gasteiger partial charge in [-0.05, 0) is 23.8 Å². The molecule has 1 aromatic carbocycles. The van der Waals surface area contributed by atoms with Crippen LogP contribution in [0.15, 0.2) is 23.8 Å². The average molecular weight is 248 g/mol. The molecule has 5 heteroatoms. The van der Waals surface area contributed by atoms with Crippen LogP contribution in [0, 0.1) is 0 Å². The minimum Gasteiger partial charge on any atom is -0.493 e. The largest absolute Gasteiger partial charge is 0.493 e. The summed E-state index contributed by atoms with van der Waals surface area (Å²) in [6.07, 6.45) is 1.61. The average Bonchev–Trinajstić information content (AvgIpc) is 2.67. The molecule has 1 aromatic rings. The lowest BCUT2D eigenvalue weighted by Gasteiger charge is -2.07. The lowest BCUT2D eigenvalue weighted by atomic mass is 10.1. The molecule has 1 saturated heterocycles. The summed E-state index contributed by atoms with van der Waals surface area (Å²) in [5.74, 6) is 0.0516. The fraction of sp³-hybridized carbons (Fsp3) is 0.231. The molecule has 0 spiro atoms. The molecule has 0 radical (unpaired) electrons. The van der Waals surface area contributed by atoms with Crippen LogP contribution in [0.2, 0.25) is 0 Å². The van der Waals surface area contributed by atoms with Gasteiger partial charge in [0.25, 0.3) is 0 Å². The Morgan fingerprint density at radius 3 is 2.44 bits per heavy atom. The van der Waals surface area contributed by atoms with Crippen molar-refractivity contribution in [2.24, 2.45) is 0 Å². The number of hydrogen-bond acceptors (Lipinski definition) is 5. The van der Waals surface area contributed by atoms with Crippen LogP contribution in [-0.2, 0) is 14.3 Å². The smallest absolute Gasteiger partial charge is 0.342 e. The zero-order valence-electron chi connectivity index (χ0n) is 10.1. The fourth-order valence-corrected chi connectivity index (χ4v) is 1.69. The Kier molecular flexibility index (Phi) is 3.32. The van der Waals surface area contributed by atoms with Gasteiger partial charge in [-0.1, -0.05) is 6.07 Å². The van der Waals surface area contributed by atoms with Gasteiger partial charge in [0.05, 0.1) is 20.6 Å². The molecule has 18 heavy (non-hydrogen) atoms. The van der Waals surface area contributed by atoms with Crippen LogP contribution in [0.3, 0.4) is 0 Å². The summed E-state index contributed by atoms with van der Waals surface area (Å²) < 4.78 is 14.7. The van der Waals surface area contributed by atoms with E-state index in [1.54, 1.807) is 31.4 Å². The van der Waals surface area contributed by atoms with Gasteiger partial charge >= 0.3 is 11.9 Å². The highest BCUT2D eigenvalue weighted by Crippen LogP contribution is 2.29. The van der Waals surface area contributed by atoms with Gasteiger partial charge in [0.15, 0.2) is 11.5 Å². The number of carbonyl (C=O) groups excluding carboxylic acids is 2. The minimum atomic E-state index is -0.588. The maximum Gasteiger partial charge on any atom is 0.342 e. The fourth-order valence-electron chi connectivity index (χ4n) is 1.69. The SMILES string of the molecule is COc1ccc(C=C2CC(=O)OC2=O)cc1OC. The zero-order chi connectivity index (χ0) is 13.1. The second-order valence-electron chi connectivity index (χ2n) is 3.72. The van der Waals surface area contributed by atoms with Crippen molar-refractivity contribution in [2.75, 3.05) is 14.2 Å². The van der Waals surface area contributed by atoms with Crippen LogP contribution < -0.4 is 9.47 Å². The topological polar surface area (TPSA) is 61.8 Å². The van der Waals surface area contributed by atoms with Crippen LogP contribution in [-0.4, -0.2) is 26.2 Å². The first-order chi connectivity index (χ1) is 8.63. The van der Waals surface area contributed by atoms with Crippen LogP contribution in [0.25, 0.3) is 6.08 Å². The van der Waals surface area contributed by atoms with E-state index in [4.69, 9.17) is 9.47 Å². The number of cyclic esters (lactones) is 2. The minimum absolute atomic E-state index is 0.00712. The van der Waals surface area contributed by atoms with Crippen molar-refractivity contribution in [1.82, 2.24) is 0 Å². The summed E-state index contributed by atoms with van der Waals surface area (Å²) in [7, 11) is 3.07. The van der Waals surface area contributed by atoms with Crippen molar-refractivity contribution < 1.29 is 23.8 Å². The standard InChI is InChI=1S/C13H12O5/c1-16-10-4-3-8(6-11(10)17-2)5-9-7-12(14)18-13(9)15/h3-6H,7H2,1-2H3. The Bertz CT molecular complexity index is 530. The van der Waals surface area contributed by atoms with E-state index in [9.17, 15) is 9.59 Å². The van der Waals surface area contributed by atoms with Crippen molar-refractivity contribution in [3.63, 3.8) is 0 Å². The molecule has 0 amide bonds. The number of ether oxygens (including phenoxy) is 3. The second-order valence-corrected chi connectivity index (χ2v) is 3.72. The normalized spacial score (nSPS) is 16.9. The van der Waals surface area contributed by atoms with E-state index < -0.39 is 11.9 Å². The molecule has 1 aliphatic rings. The summed E-state index contributed by atoms with van der Waals surface area (Å²) in [5, 5.41) is 0. The van der Waals surface area contributed by atoms with Crippen LogP contribution >= 0.6 is 0 Å². The third-order valence-corrected chi connectivity index (χ3v) is 2.55. The first kappa shape index (κ1) is 12.2. The Balaban J connectivity index is 2.32. The molecule has 1 aliphatic heterocycles. The second kappa shape index (κ2) is 4.91. The monoisotopic (exact) mass is 248 g/mol. The van der Waals surface area contributed by atoms with Crippen LogP contribution in [0.1, 0.15) is 12.0 Å². The van der Waals surface area contributed by atoms with E-state index in [1.807, 2.05) is 0 Å². The van der Waals surface area contributed by atoms with Gasteiger partial charge in [0, 0.05) is 5.57 Å².